The number of fused-ring (bicyclic) bond motifs is 1. The van der Waals surface area contributed by atoms with E-state index >= 15 is 0 Å². The molecule has 0 unspecified atom stereocenters. The van der Waals surface area contributed by atoms with Gasteiger partial charge in [-0.3, -0.25) is 19.8 Å². The Morgan fingerprint density at radius 2 is 1.96 bits per heavy atom. The maximum atomic E-state index is 13.3. The zero-order valence-electron chi connectivity index (χ0n) is 15.5. The number of piperidine rings is 1. The number of benzene rings is 1. The first kappa shape index (κ1) is 16.9. The van der Waals surface area contributed by atoms with E-state index in [9.17, 15) is 19.5 Å². The number of carbonyl (C=O) groups is 3. The van der Waals surface area contributed by atoms with Gasteiger partial charge < -0.3 is 10.4 Å². The summed E-state index contributed by atoms with van der Waals surface area (Å²) in [5.74, 6) is -0.383. The Morgan fingerprint density at radius 3 is 2.67 bits per heavy atom. The Kier molecular flexibility index (Phi) is 3.11. The molecule has 3 N–H and O–H groups in total. The van der Waals surface area contributed by atoms with Gasteiger partial charge in [0.2, 0.25) is 0 Å². The number of ketones is 1. The van der Waals surface area contributed by atoms with Gasteiger partial charge in [-0.2, -0.15) is 0 Å². The van der Waals surface area contributed by atoms with Gasteiger partial charge in [-0.25, -0.2) is 4.79 Å². The highest BCUT2D eigenvalue weighted by atomic mass is 16.3. The Labute approximate surface area is 157 Å². The fraction of sp³-hybridized carbons (Fsp3) is 0.550. The lowest BCUT2D eigenvalue weighted by atomic mass is 9.46. The lowest BCUT2D eigenvalue weighted by Crippen LogP contribution is -2.77. The standard InChI is InChI=1S/C20H23N3O4/c1-11-3-4-12-13(9-11)18-7-8-23(2)15(14(12)24)20(18,27)6-5-19(10-18)16(25)21-17(26)22-19/h3-4,9,15,27H,5-8,10H2,1-2H3,(H2,21,22,25,26)/t15-,18-,19+,20-/m1/s1. The number of nitrogens with one attached hydrogen (secondary N) is 2. The maximum Gasteiger partial charge on any atom is 0.322 e. The summed E-state index contributed by atoms with van der Waals surface area (Å²) >= 11 is 0. The zero-order chi connectivity index (χ0) is 19.2. The van der Waals surface area contributed by atoms with Gasteiger partial charge in [-0.05, 0) is 51.8 Å². The third-order valence-electron chi connectivity index (χ3n) is 7.37. The molecule has 1 spiro atoms. The van der Waals surface area contributed by atoms with Gasteiger partial charge in [0.1, 0.15) is 11.6 Å². The molecule has 5 rings (SSSR count). The number of aliphatic hydroxyl groups is 1. The summed E-state index contributed by atoms with van der Waals surface area (Å²) in [6.07, 6.45) is 1.55. The molecule has 4 aliphatic rings. The number of likely N-dealkylation sites (N-methyl/N-ethyl adjacent to an activating group) is 1. The van der Waals surface area contributed by atoms with E-state index in [1.54, 1.807) is 0 Å². The molecule has 2 saturated heterocycles. The Bertz CT molecular complexity index is 914. The second kappa shape index (κ2) is 4.97. The molecule has 7 heteroatoms. The van der Waals surface area contributed by atoms with E-state index < -0.39 is 28.6 Å². The van der Waals surface area contributed by atoms with Crippen LogP contribution in [0.25, 0.3) is 0 Å². The molecule has 7 nitrogen and oxygen atoms in total. The van der Waals surface area contributed by atoms with Crippen molar-refractivity contribution in [1.29, 1.82) is 0 Å². The molecule has 2 bridgehead atoms. The van der Waals surface area contributed by atoms with Crippen molar-refractivity contribution in [3.8, 4) is 0 Å². The maximum absolute atomic E-state index is 13.3. The van der Waals surface area contributed by atoms with Crippen molar-refractivity contribution in [2.45, 2.75) is 55.2 Å². The van der Waals surface area contributed by atoms with Crippen molar-refractivity contribution >= 4 is 17.7 Å². The molecule has 3 amide bonds. The summed E-state index contributed by atoms with van der Waals surface area (Å²) in [4.78, 5) is 39.7. The van der Waals surface area contributed by atoms with Gasteiger partial charge >= 0.3 is 6.03 Å². The van der Waals surface area contributed by atoms with E-state index in [4.69, 9.17) is 0 Å². The zero-order valence-corrected chi connectivity index (χ0v) is 15.5. The Balaban J connectivity index is 1.76. The smallest absolute Gasteiger partial charge is 0.322 e. The van der Waals surface area contributed by atoms with Crippen LogP contribution in [-0.4, -0.2) is 58.5 Å². The monoisotopic (exact) mass is 369 g/mol. The highest BCUT2D eigenvalue weighted by Crippen LogP contribution is 2.60. The highest BCUT2D eigenvalue weighted by molar-refractivity contribution is 6.08. The van der Waals surface area contributed by atoms with Crippen LogP contribution in [0.1, 0.15) is 47.2 Å². The number of carbonyl (C=O) groups excluding carboxylic acids is 3. The van der Waals surface area contributed by atoms with Crippen LogP contribution in [0.3, 0.4) is 0 Å². The molecule has 2 aliphatic carbocycles. The first-order valence-corrected chi connectivity index (χ1v) is 9.44. The predicted octanol–water partition coefficient (Wildman–Crippen LogP) is 0.626. The summed E-state index contributed by atoms with van der Waals surface area (Å²) in [7, 11) is 1.87. The van der Waals surface area contributed by atoms with Gasteiger partial charge in [-0.1, -0.05) is 23.8 Å². The average Bonchev–Trinajstić information content (AvgIpc) is 2.88. The van der Waals surface area contributed by atoms with E-state index in [1.807, 2.05) is 37.1 Å². The van der Waals surface area contributed by atoms with Crippen LogP contribution >= 0.6 is 0 Å². The number of amides is 3. The average molecular weight is 369 g/mol. The molecule has 0 radical (unpaired) electrons. The quantitative estimate of drug-likeness (QED) is 0.583. The highest BCUT2D eigenvalue weighted by Gasteiger charge is 2.70. The third kappa shape index (κ3) is 1.86. The second-order valence-electron chi connectivity index (χ2n) is 8.72. The molecule has 0 aromatic heterocycles. The number of urea groups is 1. The first-order valence-electron chi connectivity index (χ1n) is 9.44. The van der Waals surface area contributed by atoms with Crippen molar-refractivity contribution in [3.05, 3.63) is 34.9 Å². The summed E-state index contributed by atoms with van der Waals surface area (Å²) in [5.41, 5.74) is -0.555. The van der Waals surface area contributed by atoms with Crippen LogP contribution in [0.15, 0.2) is 18.2 Å². The fourth-order valence-corrected chi connectivity index (χ4v) is 6.09. The SMILES string of the molecule is Cc1ccc2c(c1)[C@]13CCN(C)[C@H](C2=O)[C@]1(O)CC[C@@]1(C3)NC(=O)NC1=O. The summed E-state index contributed by atoms with van der Waals surface area (Å²) in [5, 5.41) is 17.1. The van der Waals surface area contributed by atoms with E-state index in [2.05, 4.69) is 10.6 Å². The normalized spacial score (nSPS) is 40.4. The summed E-state index contributed by atoms with van der Waals surface area (Å²) in [6, 6.07) is 4.63. The third-order valence-corrected chi connectivity index (χ3v) is 7.37. The molecule has 3 fully saturated rings. The molecular formula is C20H23N3O4. The number of nitrogens with zero attached hydrogens (tertiary/aromatic N) is 1. The topological polar surface area (TPSA) is 98.7 Å². The molecule has 2 heterocycles. The molecule has 1 saturated carbocycles. The molecular weight excluding hydrogens is 346 g/mol. The van der Waals surface area contributed by atoms with Crippen LogP contribution in [0.5, 0.6) is 0 Å². The lowest BCUT2D eigenvalue weighted by Gasteiger charge is -2.64. The molecule has 4 atom stereocenters. The van der Waals surface area contributed by atoms with Crippen LogP contribution in [0.2, 0.25) is 0 Å². The van der Waals surface area contributed by atoms with E-state index in [-0.39, 0.29) is 18.1 Å². The van der Waals surface area contributed by atoms with Crippen LogP contribution in [0.4, 0.5) is 4.79 Å². The van der Waals surface area contributed by atoms with Crippen molar-refractivity contribution in [3.63, 3.8) is 0 Å². The van der Waals surface area contributed by atoms with E-state index in [1.165, 1.54) is 0 Å². The Hall–Kier alpha value is -2.25. The molecule has 1 aromatic carbocycles. The number of aryl methyl sites for hydroxylation is 1. The van der Waals surface area contributed by atoms with Crippen molar-refractivity contribution in [1.82, 2.24) is 15.5 Å². The van der Waals surface area contributed by atoms with Gasteiger partial charge in [0.05, 0.1) is 5.60 Å². The lowest BCUT2D eigenvalue weighted by molar-refractivity contribution is -0.163. The number of rotatable bonds is 0. The van der Waals surface area contributed by atoms with Crippen molar-refractivity contribution < 1.29 is 19.5 Å². The molecule has 1 aromatic rings. The number of likely N-dealkylation sites (tertiary alicyclic amines) is 1. The van der Waals surface area contributed by atoms with Gasteiger partial charge in [-0.15, -0.1) is 0 Å². The van der Waals surface area contributed by atoms with Gasteiger partial charge in [0.15, 0.2) is 5.78 Å². The van der Waals surface area contributed by atoms with Gasteiger partial charge in [0.25, 0.3) is 5.91 Å². The van der Waals surface area contributed by atoms with Crippen molar-refractivity contribution in [2.75, 3.05) is 13.6 Å². The predicted molar refractivity (Wildman–Crippen MR) is 96.4 cm³/mol. The molecule has 2 aliphatic heterocycles. The summed E-state index contributed by atoms with van der Waals surface area (Å²) < 4.78 is 0. The van der Waals surface area contributed by atoms with Crippen LogP contribution in [0, 0.1) is 6.92 Å². The Morgan fingerprint density at radius 1 is 1.19 bits per heavy atom. The first-order chi connectivity index (χ1) is 12.7. The number of hydrogen-bond donors (Lipinski definition) is 3. The minimum absolute atomic E-state index is 0.0545. The second-order valence-corrected chi connectivity index (χ2v) is 8.72. The fourth-order valence-electron chi connectivity index (χ4n) is 6.09. The number of imide groups is 1. The largest absolute Gasteiger partial charge is 0.387 e. The van der Waals surface area contributed by atoms with Gasteiger partial charge in [0, 0.05) is 11.0 Å². The van der Waals surface area contributed by atoms with Crippen LogP contribution < -0.4 is 10.6 Å². The minimum Gasteiger partial charge on any atom is -0.387 e. The van der Waals surface area contributed by atoms with E-state index in [0.29, 0.717) is 31.4 Å². The number of Topliss-reactive ketones (excluding diaryl/α,β-unsaturated/α-hetero) is 1. The molecule has 142 valence electrons. The minimum atomic E-state index is -1.25. The number of hydrogen-bond acceptors (Lipinski definition) is 5. The summed E-state index contributed by atoms with van der Waals surface area (Å²) in [6.45, 7) is 2.61. The van der Waals surface area contributed by atoms with E-state index in [0.717, 1.165) is 11.1 Å². The van der Waals surface area contributed by atoms with Crippen LogP contribution in [-0.2, 0) is 10.2 Å². The van der Waals surface area contributed by atoms with Crippen molar-refractivity contribution in [2.24, 2.45) is 0 Å². The molecule has 27 heavy (non-hydrogen) atoms.